The Morgan fingerprint density at radius 2 is 1.92 bits per heavy atom. The number of benzene rings is 2. The van der Waals surface area contributed by atoms with Crippen molar-refractivity contribution in [3.05, 3.63) is 59.7 Å². The highest BCUT2D eigenvalue weighted by atomic mass is 16.5. The fourth-order valence-corrected chi connectivity index (χ4v) is 2.86. The van der Waals surface area contributed by atoms with Crippen LogP contribution in [0.2, 0.25) is 0 Å². The molecule has 1 heterocycles. The standard InChI is InChI=1S/C19H19NO4/c21-18(20(13-19(22)23)16-6-2-1-3-7-16)12-14-8-9-17-15(11-14)5-4-10-24-17/h1-3,6-9,11H,4-5,10,12-13H2,(H,22,23). The van der Waals surface area contributed by atoms with Gasteiger partial charge in [-0.25, -0.2) is 0 Å². The minimum atomic E-state index is -1.04. The second kappa shape index (κ2) is 7.17. The van der Waals surface area contributed by atoms with Crippen LogP contribution in [0.4, 0.5) is 5.69 Å². The predicted molar refractivity (Wildman–Crippen MR) is 90.4 cm³/mol. The lowest BCUT2D eigenvalue weighted by atomic mass is 10.0. The summed E-state index contributed by atoms with van der Waals surface area (Å²) in [4.78, 5) is 25.1. The first-order chi connectivity index (χ1) is 11.6. The molecule has 0 bridgehead atoms. The number of aliphatic carboxylic acids is 1. The molecule has 0 atom stereocenters. The Morgan fingerprint density at radius 3 is 2.67 bits per heavy atom. The Labute approximate surface area is 140 Å². The lowest BCUT2D eigenvalue weighted by molar-refractivity contribution is -0.136. The Bertz CT molecular complexity index is 742. The molecule has 1 N–H and O–H groups in total. The van der Waals surface area contributed by atoms with Crippen molar-refractivity contribution in [1.82, 2.24) is 0 Å². The van der Waals surface area contributed by atoms with Crippen molar-refractivity contribution in [3.63, 3.8) is 0 Å². The molecule has 124 valence electrons. The van der Waals surface area contributed by atoms with Crippen LogP contribution in [0.1, 0.15) is 17.5 Å². The van der Waals surface area contributed by atoms with Crippen LogP contribution in [0.5, 0.6) is 5.75 Å². The number of carboxylic acids is 1. The van der Waals surface area contributed by atoms with Gasteiger partial charge in [0.15, 0.2) is 0 Å². The van der Waals surface area contributed by atoms with Gasteiger partial charge >= 0.3 is 5.97 Å². The van der Waals surface area contributed by atoms with Crippen LogP contribution < -0.4 is 9.64 Å². The van der Waals surface area contributed by atoms with E-state index in [0.29, 0.717) is 5.69 Å². The van der Waals surface area contributed by atoms with E-state index >= 15 is 0 Å². The number of para-hydroxylation sites is 1. The van der Waals surface area contributed by atoms with Gasteiger partial charge in [0.25, 0.3) is 0 Å². The largest absolute Gasteiger partial charge is 0.493 e. The summed E-state index contributed by atoms with van der Waals surface area (Å²) in [6.45, 7) is 0.378. The molecular weight excluding hydrogens is 306 g/mol. The maximum atomic E-state index is 12.6. The Hall–Kier alpha value is -2.82. The first-order valence-electron chi connectivity index (χ1n) is 7.95. The maximum absolute atomic E-state index is 12.6. The second-order valence-corrected chi connectivity index (χ2v) is 5.78. The number of aryl methyl sites for hydroxylation is 1. The van der Waals surface area contributed by atoms with E-state index in [1.165, 1.54) is 4.90 Å². The van der Waals surface area contributed by atoms with Crippen LogP contribution in [0, 0.1) is 0 Å². The SMILES string of the molecule is O=C(O)CN(C(=O)Cc1ccc2c(c1)CCCO2)c1ccccc1. The first kappa shape index (κ1) is 16.1. The lowest BCUT2D eigenvalue weighted by Gasteiger charge is -2.22. The molecule has 0 radical (unpaired) electrons. The van der Waals surface area contributed by atoms with Gasteiger partial charge in [-0.15, -0.1) is 0 Å². The molecule has 3 rings (SSSR count). The smallest absolute Gasteiger partial charge is 0.323 e. The van der Waals surface area contributed by atoms with E-state index in [9.17, 15) is 9.59 Å². The fourth-order valence-electron chi connectivity index (χ4n) is 2.86. The van der Waals surface area contributed by atoms with Crippen molar-refractivity contribution in [2.24, 2.45) is 0 Å². The molecule has 24 heavy (non-hydrogen) atoms. The lowest BCUT2D eigenvalue weighted by Crippen LogP contribution is -2.36. The van der Waals surface area contributed by atoms with Crippen LogP contribution in [-0.2, 0) is 22.4 Å². The van der Waals surface area contributed by atoms with Gasteiger partial charge in [0, 0.05) is 5.69 Å². The number of anilines is 1. The van der Waals surface area contributed by atoms with Crippen molar-refractivity contribution < 1.29 is 19.4 Å². The van der Waals surface area contributed by atoms with Crippen LogP contribution >= 0.6 is 0 Å². The van der Waals surface area contributed by atoms with Crippen molar-refractivity contribution in [1.29, 1.82) is 0 Å². The van der Waals surface area contributed by atoms with E-state index in [-0.39, 0.29) is 18.9 Å². The Kier molecular flexibility index (Phi) is 4.79. The number of hydrogen-bond acceptors (Lipinski definition) is 3. The summed E-state index contributed by atoms with van der Waals surface area (Å²) in [5, 5.41) is 9.11. The topological polar surface area (TPSA) is 66.8 Å². The molecular formula is C19H19NO4. The minimum absolute atomic E-state index is 0.162. The molecule has 2 aromatic rings. The summed E-state index contributed by atoms with van der Waals surface area (Å²) in [5.41, 5.74) is 2.57. The van der Waals surface area contributed by atoms with Crippen LogP contribution in [0.3, 0.4) is 0 Å². The summed E-state index contributed by atoms with van der Waals surface area (Å²) >= 11 is 0. The monoisotopic (exact) mass is 325 g/mol. The van der Waals surface area contributed by atoms with Crippen molar-refractivity contribution >= 4 is 17.6 Å². The van der Waals surface area contributed by atoms with Gasteiger partial charge in [-0.05, 0) is 42.2 Å². The predicted octanol–water partition coefficient (Wildman–Crippen LogP) is 2.67. The number of rotatable bonds is 5. The minimum Gasteiger partial charge on any atom is -0.493 e. The number of fused-ring (bicyclic) bond motifs is 1. The van der Waals surface area contributed by atoms with Crippen molar-refractivity contribution in [2.45, 2.75) is 19.3 Å². The van der Waals surface area contributed by atoms with Gasteiger partial charge in [0.1, 0.15) is 12.3 Å². The molecule has 0 fully saturated rings. The van der Waals surface area contributed by atoms with Gasteiger partial charge in [-0.1, -0.05) is 30.3 Å². The van der Waals surface area contributed by atoms with Gasteiger partial charge in [-0.3, -0.25) is 9.59 Å². The maximum Gasteiger partial charge on any atom is 0.323 e. The third-order valence-electron chi connectivity index (χ3n) is 3.99. The summed E-state index contributed by atoms with van der Waals surface area (Å²) in [7, 11) is 0. The average molecular weight is 325 g/mol. The molecule has 0 saturated heterocycles. The van der Waals surface area contributed by atoms with Crippen molar-refractivity contribution in [3.8, 4) is 5.75 Å². The van der Waals surface area contributed by atoms with E-state index in [1.807, 2.05) is 24.3 Å². The van der Waals surface area contributed by atoms with Gasteiger partial charge in [0.2, 0.25) is 5.91 Å². The highest BCUT2D eigenvalue weighted by molar-refractivity contribution is 5.98. The molecule has 0 aromatic heterocycles. The van der Waals surface area contributed by atoms with E-state index in [2.05, 4.69) is 0 Å². The van der Waals surface area contributed by atoms with E-state index in [1.54, 1.807) is 24.3 Å². The number of carbonyl (C=O) groups is 2. The molecule has 1 amide bonds. The molecule has 1 aliphatic heterocycles. The number of ether oxygens (including phenoxy) is 1. The quantitative estimate of drug-likeness (QED) is 0.918. The molecule has 5 nitrogen and oxygen atoms in total. The number of amides is 1. The number of carbonyl (C=O) groups excluding carboxylic acids is 1. The van der Waals surface area contributed by atoms with E-state index in [4.69, 9.17) is 9.84 Å². The third-order valence-corrected chi connectivity index (χ3v) is 3.99. The molecule has 0 spiro atoms. The summed E-state index contributed by atoms with van der Waals surface area (Å²) in [5.74, 6) is -0.394. The van der Waals surface area contributed by atoms with Crippen LogP contribution in [0.25, 0.3) is 0 Å². The first-order valence-corrected chi connectivity index (χ1v) is 7.95. The number of hydrogen-bond donors (Lipinski definition) is 1. The zero-order valence-corrected chi connectivity index (χ0v) is 13.3. The van der Waals surface area contributed by atoms with Crippen LogP contribution in [-0.4, -0.2) is 30.1 Å². The molecule has 0 aliphatic carbocycles. The number of nitrogens with zero attached hydrogens (tertiary/aromatic N) is 1. The highest BCUT2D eigenvalue weighted by Crippen LogP contribution is 2.26. The Balaban J connectivity index is 1.79. The number of carboxylic acid groups (broad SMARTS) is 1. The normalized spacial score (nSPS) is 12.8. The Morgan fingerprint density at radius 1 is 1.12 bits per heavy atom. The fraction of sp³-hybridized carbons (Fsp3) is 0.263. The van der Waals surface area contributed by atoms with Gasteiger partial charge in [-0.2, -0.15) is 0 Å². The average Bonchev–Trinajstić information content (AvgIpc) is 2.60. The van der Waals surface area contributed by atoms with Crippen LogP contribution in [0.15, 0.2) is 48.5 Å². The second-order valence-electron chi connectivity index (χ2n) is 5.78. The molecule has 2 aromatic carbocycles. The highest BCUT2D eigenvalue weighted by Gasteiger charge is 2.20. The van der Waals surface area contributed by atoms with E-state index < -0.39 is 5.97 Å². The van der Waals surface area contributed by atoms with Gasteiger partial charge < -0.3 is 14.7 Å². The molecule has 5 heteroatoms. The summed E-state index contributed by atoms with van der Waals surface area (Å²) < 4.78 is 5.58. The summed E-state index contributed by atoms with van der Waals surface area (Å²) in [6.07, 6.45) is 2.07. The molecule has 1 aliphatic rings. The molecule has 0 unspecified atom stereocenters. The van der Waals surface area contributed by atoms with E-state index in [0.717, 1.165) is 36.3 Å². The zero-order valence-electron chi connectivity index (χ0n) is 13.3. The zero-order chi connectivity index (χ0) is 16.9. The summed E-state index contributed by atoms with van der Waals surface area (Å²) in [6, 6.07) is 14.6. The third kappa shape index (κ3) is 3.74. The van der Waals surface area contributed by atoms with Crippen molar-refractivity contribution in [2.75, 3.05) is 18.1 Å². The molecule has 0 saturated carbocycles. The van der Waals surface area contributed by atoms with Gasteiger partial charge in [0.05, 0.1) is 13.0 Å².